The number of fused-ring (bicyclic) bond motifs is 2. The van der Waals surface area contributed by atoms with Gasteiger partial charge in [0.1, 0.15) is 5.58 Å². The molecular formula is C21H17NO5. The van der Waals surface area contributed by atoms with Crippen molar-refractivity contribution >= 4 is 22.8 Å². The minimum Gasteiger partial charge on any atom is -0.465 e. The molecule has 27 heavy (non-hydrogen) atoms. The third-order valence-electron chi connectivity index (χ3n) is 4.81. The monoisotopic (exact) mass is 363 g/mol. The van der Waals surface area contributed by atoms with E-state index in [1.807, 2.05) is 19.9 Å². The number of aryl methyl sites for hydroxylation is 2. The predicted octanol–water partition coefficient (Wildman–Crippen LogP) is 3.03. The summed E-state index contributed by atoms with van der Waals surface area (Å²) in [6.07, 6.45) is 0. The maximum Gasteiger partial charge on any atom is 0.337 e. The first-order valence-corrected chi connectivity index (χ1v) is 8.48. The lowest BCUT2D eigenvalue weighted by atomic mass is 9.97. The van der Waals surface area contributed by atoms with E-state index in [2.05, 4.69) is 5.32 Å². The number of esters is 1. The lowest BCUT2D eigenvalue weighted by molar-refractivity contribution is 0.0600. The molecule has 3 aromatic rings. The summed E-state index contributed by atoms with van der Waals surface area (Å²) in [5, 5.41) is 3.28. The van der Waals surface area contributed by atoms with Gasteiger partial charge in [-0.3, -0.25) is 9.59 Å². The molecule has 2 heterocycles. The second-order valence-corrected chi connectivity index (χ2v) is 6.65. The van der Waals surface area contributed by atoms with Crippen LogP contribution in [0.1, 0.15) is 49.2 Å². The number of ether oxygens (including phenoxy) is 1. The highest BCUT2D eigenvalue weighted by Gasteiger charge is 2.36. The van der Waals surface area contributed by atoms with Gasteiger partial charge in [-0.1, -0.05) is 18.2 Å². The van der Waals surface area contributed by atoms with Crippen LogP contribution in [0.5, 0.6) is 0 Å². The Bertz CT molecular complexity index is 1160. The number of methoxy groups -OCH3 is 1. The third kappa shape index (κ3) is 2.61. The number of hydrogen-bond donors (Lipinski definition) is 1. The average Bonchev–Trinajstić information content (AvgIpc) is 2.97. The van der Waals surface area contributed by atoms with E-state index in [-0.39, 0.29) is 11.2 Å². The lowest BCUT2D eigenvalue weighted by Crippen LogP contribution is -2.22. The molecule has 0 spiro atoms. The number of rotatable bonds is 2. The molecular weight excluding hydrogens is 346 g/mol. The molecule has 0 aliphatic carbocycles. The molecule has 1 amide bonds. The molecule has 2 aromatic carbocycles. The van der Waals surface area contributed by atoms with Gasteiger partial charge in [0.25, 0.3) is 5.91 Å². The summed E-state index contributed by atoms with van der Waals surface area (Å²) < 4.78 is 10.5. The van der Waals surface area contributed by atoms with Crippen molar-refractivity contribution < 1.29 is 18.7 Å². The topological polar surface area (TPSA) is 85.6 Å². The number of carbonyl (C=O) groups is 2. The van der Waals surface area contributed by atoms with E-state index in [4.69, 9.17) is 9.15 Å². The van der Waals surface area contributed by atoms with Crippen LogP contribution in [0, 0.1) is 13.8 Å². The minimum absolute atomic E-state index is 0.0412. The molecule has 0 bridgehead atoms. The Morgan fingerprint density at radius 3 is 2.48 bits per heavy atom. The van der Waals surface area contributed by atoms with E-state index in [1.165, 1.54) is 7.11 Å². The van der Waals surface area contributed by atoms with Crippen LogP contribution < -0.4 is 10.7 Å². The molecule has 0 saturated heterocycles. The van der Waals surface area contributed by atoms with Crippen molar-refractivity contribution in [2.45, 2.75) is 19.9 Å². The van der Waals surface area contributed by atoms with Gasteiger partial charge in [-0.25, -0.2) is 4.79 Å². The first-order chi connectivity index (χ1) is 12.9. The van der Waals surface area contributed by atoms with Gasteiger partial charge in [-0.05, 0) is 48.7 Å². The number of benzene rings is 2. The van der Waals surface area contributed by atoms with Crippen molar-refractivity contribution in [3.8, 4) is 0 Å². The number of carbonyl (C=O) groups excluding carboxylic acids is 2. The highest BCUT2D eigenvalue weighted by atomic mass is 16.5. The van der Waals surface area contributed by atoms with Crippen molar-refractivity contribution in [2.75, 3.05) is 7.11 Å². The predicted molar refractivity (Wildman–Crippen MR) is 99.0 cm³/mol. The molecule has 1 atom stereocenters. The zero-order valence-electron chi connectivity index (χ0n) is 15.1. The zero-order valence-corrected chi connectivity index (χ0v) is 15.1. The zero-order chi connectivity index (χ0) is 19.3. The lowest BCUT2D eigenvalue weighted by Gasteiger charge is -2.12. The Labute approximate surface area is 154 Å². The molecule has 1 aliphatic rings. The number of amides is 1. The molecule has 1 aliphatic heterocycles. The molecule has 1 N–H and O–H groups in total. The summed E-state index contributed by atoms with van der Waals surface area (Å²) in [5.74, 6) is -0.835. The second-order valence-electron chi connectivity index (χ2n) is 6.65. The summed E-state index contributed by atoms with van der Waals surface area (Å²) in [6.45, 7) is 3.76. The van der Waals surface area contributed by atoms with Crippen molar-refractivity contribution in [3.63, 3.8) is 0 Å². The van der Waals surface area contributed by atoms with E-state index in [9.17, 15) is 14.4 Å². The first-order valence-electron chi connectivity index (χ1n) is 8.48. The molecule has 136 valence electrons. The van der Waals surface area contributed by atoms with Crippen LogP contribution >= 0.6 is 0 Å². The van der Waals surface area contributed by atoms with E-state index in [0.29, 0.717) is 27.7 Å². The molecule has 1 aromatic heterocycles. The van der Waals surface area contributed by atoms with Crippen molar-refractivity contribution in [1.82, 2.24) is 5.32 Å². The van der Waals surface area contributed by atoms with Crippen LogP contribution in [0.25, 0.3) is 11.0 Å². The molecule has 0 radical (unpaired) electrons. The fourth-order valence-electron chi connectivity index (χ4n) is 3.58. The van der Waals surface area contributed by atoms with Crippen LogP contribution in [-0.4, -0.2) is 19.0 Å². The smallest absolute Gasteiger partial charge is 0.337 e. The highest BCUT2D eigenvalue weighted by Crippen LogP contribution is 2.32. The first kappa shape index (κ1) is 17.0. The van der Waals surface area contributed by atoms with Gasteiger partial charge >= 0.3 is 5.97 Å². The Morgan fingerprint density at radius 2 is 1.81 bits per heavy atom. The van der Waals surface area contributed by atoms with E-state index in [0.717, 1.165) is 11.1 Å². The standard InChI is InChI=1S/C21H17NO5/c1-10-8-11(2)15-14(9-10)27-19-16(18(15)23)17(22-20(19)24)12-4-6-13(7-5-12)21(25)26-3/h4-9,17H,1-3H3,(H,22,24). The van der Waals surface area contributed by atoms with Gasteiger partial charge < -0.3 is 14.5 Å². The molecule has 6 nitrogen and oxygen atoms in total. The van der Waals surface area contributed by atoms with E-state index in [1.54, 1.807) is 30.3 Å². The molecule has 0 fully saturated rings. The third-order valence-corrected chi connectivity index (χ3v) is 4.81. The van der Waals surface area contributed by atoms with Gasteiger partial charge in [-0.2, -0.15) is 0 Å². The maximum atomic E-state index is 13.2. The Kier molecular flexibility index (Phi) is 3.84. The Morgan fingerprint density at radius 1 is 1.11 bits per heavy atom. The highest BCUT2D eigenvalue weighted by molar-refractivity contribution is 5.99. The van der Waals surface area contributed by atoms with E-state index >= 15 is 0 Å². The van der Waals surface area contributed by atoms with Crippen molar-refractivity contribution in [3.05, 3.63) is 80.2 Å². The molecule has 1 unspecified atom stereocenters. The minimum atomic E-state index is -0.624. The SMILES string of the molecule is COC(=O)c1ccc(C2NC(=O)c3oc4cc(C)cc(C)c4c(=O)c32)cc1. The van der Waals surface area contributed by atoms with Gasteiger partial charge in [-0.15, -0.1) is 0 Å². The van der Waals surface area contributed by atoms with Crippen molar-refractivity contribution in [2.24, 2.45) is 0 Å². The summed E-state index contributed by atoms with van der Waals surface area (Å²) in [6, 6.07) is 9.63. The number of nitrogens with one attached hydrogen (secondary N) is 1. The fraction of sp³-hybridized carbons (Fsp3) is 0.190. The average molecular weight is 363 g/mol. The van der Waals surface area contributed by atoms with Gasteiger partial charge in [0, 0.05) is 0 Å². The Balaban J connectivity index is 1.89. The molecule has 4 rings (SSSR count). The van der Waals surface area contributed by atoms with Crippen LogP contribution in [0.15, 0.2) is 45.6 Å². The fourth-order valence-corrected chi connectivity index (χ4v) is 3.58. The van der Waals surface area contributed by atoms with Gasteiger partial charge in [0.2, 0.25) is 5.76 Å². The van der Waals surface area contributed by atoms with Gasteiger partial charge in [0.05, 0.1) is 29.7 Å². The molecule has 0 saturated carbocycles. The van der Waals surface area contributed by atoms with Gasteiger partial charge in [0.15, 0.2) is 5.43 Å². The number of hydrogen-bond acceptors (Lipinski definition) is 5. The summed E-state index contributed by atoms with van der Waals surface area (Å²) >= 11 is 0. The Hall–Kier alpha value is -3.41. The summed E-state index contributed by atoms with van der Waals surface area (Å²) in [7, 11) is 1.31. The largest absolute Gasteiger partial charge is 0.465 e. The second kappa shape index (κ2) is 6.09. The van der Waals surface area contributed by atoms with E-state index < -0.39 is 17.9 Å². The van der Waals surface area contributed by atoms with Crippen LogP contribution in [0.4, 0.5) is 0 Å². The van der Waals surface area contributed by atoms with Crippen LogP contribution in [0.3, 0.4) is 0 Å². The quantitative estimate of drug-likeness (QED) is 0.708. The van der Waals surface area contributed by atoms with Crippen LogP contribution in [-0.2, 0) is 4.74 Å². The maximum absolute atomic E-state index is 13.2. The van der Waals surface area contributed by atoms with Crippen molar-refractivity contribution in [1.29, 1.82) is 0 Å². The summed E-state index contributed by atoms with van der Waals surface area (Å²) in [5.41, 5.74) is 3.33. The summed E-state index contributed by atoms with van der Waals surface area (Å²) in [4.78, 5) is 37.2. The van der Waals surface area contributed by atoms with Crippen LogP contribution in [0.2, 0.25) is 0 Å². The molecule has 6 heteroatoms. The normalized spacial score (nSPS) is 15.5.